The molecule has 0 aromatic rings. The number of hydrogen-bond acceptors (Lipinski definition) is 4. The first-order valence-electron chi connectivity index (χ1n) is 9.41. The van der Waals surface area contributed by atoms with Crippen LogP contribution < -0.4 is 0 Å². The van der Waals surface area contributed by atoms with Crippen LogP contribution in [0.4, 0.5) is 0 Å². The molecule has 0 saturated carbocycles. The van der Waals surface area contributed by atoms with Crippen LogP contribution in [0.25, 0.3) is 0 Å². The molecule has 2 rings (SSSR count). The summed E-state index contributed by atoms with van der Waals surface area (Å²) >= 11 is 0. The average molecular weight is 351 g/mol. The first kappa shape index (κ1) is 19.4. The van der Waals surface area contributed by atoms with E-state index in [-0.39, 0.29) is 43.0 Å². The summed E-state index contributed by atoms with van der Waals surface area (Å²) in [5.41, 5.74) is 0. The lowest BCUT2D eigenvalue weighted by Gasteiger charge is -2.35. The van der Waals surface area contributed by atoms with E-state index in [0.717, 1.165) is 17.7 Å². The molecule has 4 amide bonds. The zero-order valence-electron chi connectivity index (χ0n) is 15.2. The van der Waals surface area contributed by atoms with Gasteiger partial charge in [0, 0.05) is 45.4 Å². The van der Waals surface area contributed by atoms with Gasteiger partial charge >= 0.3 is 0 Å². The quantitative estimate of drug-likeness (QED) is 0.486. The van der Waals surface area contributed by atoms with Gasteiger partial charge in [-0.15, -0.1) is 0 Å². The lowest BCUT2D eigenvalue weighted by Crippen LogP contribution is -2.53. The molecule has 0 unspecified atom stereocenters. The molecule has 25 heavy (non-hydrogen) atoms. The Labute approximate surface area is 149 Å². The molecule has 7 heteroatoms. The number of hydrogen-bond donors (Lipinski definition) is 0. The van der Waals surface area contributed by atoms with Gasteiger partial charge < -0.3 is 9.80 Å². The van der Waals surface area contributed by atoms with Gasteiger partial charge in [0.1, 0.15) is 6.54 Å². The summed E-state index contributed by atoms with van der Waals surface area (Å²) in [7, 11) is 0. The zero-order valence-corrected chi connectivity index (χ0v) is 15.2. The van der Waals surface area contributed by atoms with Crippen LogP contribution >= 0.6 is 0 Å². The standard InChI is InChI=1S/C18H29N3O4/c1-2-3-4-5-6-7-15(22)19-10-12-20(13-11-19)18(25)14-21-16(23)8-9-17(21)24/h2-14H2,1H3. The highest BCUT2D eigenvalue weighted by atomic mass is 16.2. The molecular weight excluding hydrogens is 322 g/mol. The van der Waals surface area contributed by atoms with E-state index in [2.05, 4.69) is 6.92 Å². The Bertz CT molecular complexity index is 496. The van der Waals surface area contributed by atoms with Crippen LogP contribution in [0, 0.1) is 0 Å². The molecule has 0 spiro atoms. The van der Waals surface area contributed by atoms with Crippen LogP contribution in [0.2, 0.25) is 0 Å². The first-order valence-corrected chi connectivity index (χ1v) is 9.41. The fourth-order valence-electron chi connectivity index (χ4n) is 3.28. The molecule has 0 aliphatic carbocycles. The minimum atomic E-state index is -0.268. The fourth-order valence-corrected chi connectivity index (χ4v) is 3.28. The van der Waals surface area contributed by atoms with E-state index >= 15 is 0 Å². The van der Waals surface area contributed by atoms with E-state index in [1.165, 1.54) is 19.3 Å². The Morgan fingerprint density at radius 3 is 1.88 bits per heavy atom. The number of likely N-dealkylation sites (tertiary alicyclic amines) is 1. The van der Waals surface area contributed by atoms with E-state index < -0.39 is 0 Å². The summed E-state index contributed by atoms with van der Waals surface area (Å²) in [6.45, 7) is 4.00. The highest BCUT2D eigenvalue weighted by Crippen LogP contribution is 2.13. The Morgan fingerprint density at radius 1 is 0.800 bits per heavy atom. The molecule has 2 fully saturated rings. The number of amides is 4. The number of carbonyl (C=O) groups is 4. The lowest BCUT2D eigenvalue weighted by molar-refractivity contribution is -0.147. The molecule has 7 nitrogen and oxygen atoms in total. The van der Waals surface area contributed by atoms with Crippen LogP contribution in [0.1, 0.15) is 58.3 Å². The van der Waals surface area contributed by atoms with Gasteiger partial charge in [-0.1, -0.05) is 32.6 Å². The maximum Gasteiger partial charge on any atom is 0.242 e. The van der Waals surface area contributed by atoms with Crippen LogP contribution in [-0.4, -0.2) is 71.1 Å². The van der Waals surface area contributed by atoms with Crippen LogP contribution in [-0.2, 0) is 19.2 Å². The third-order valence-electron chi connectivity index (χ3n) is 4.93. The molecule has 0 aromatic carbocycles. The van der Waals surface area contributed by atoms with E-state index in [9.17, 15) is 19.2 Å². The minimum absolute atomic E-state index is 0.161. The maximum atomic E-state index is 12.3. The maximum absolute atomic E-state index is 12.3. The third kappa shape index (κ3) is 5.54. The molecule has 2 aliphatic heterocycles. The fraction of sp³-hybridized carbons (Fsp3) is 0.778. The van der Waals surface area contributed by atoms with Crippen LogP contribution in [0.15, 0.2) is 0 Å². The number of nitrogens with zero attached hydrogens (tertiary/aromatic N) is 3. The molecule has 2 aliphatic rings. The average Bonchev–Trinajstić information content (AvgIpc) is 2.93. The van der Waals surface area contributed by atoms with E-state index in [1.807, 2.05) is 4.90 Å². The predicted octanol–water partition coefficient (Wildman–Crippen LogP) is 1.17. The van der Waals surface area contributed by atoms with Crippen molar-refractivity contribution < 1.29 is 19.2 Å². The lowest BCUT2D eigenvalue weighted by atomic mass is 10.1. The topological polar surface area (TPSA) is 78.0 Å². The van der Waals surface area contributed by atoms with Crippen molar-refractivity contribution >= 4 is 23.6 Å². The van der Waals surface area contributed by atoms with Crippen molar-refractivity contribution in [1.82, 2.24) is 14.7 Å². The van der Waals surface area contributed by atoms with Crippen molar-refractivity contribution in [2.24, 2.45) is 0 Å². The minimum Gasteiger partial charge on any atom is -0.339 e. The number of piperazine rings is 1. The molecule has 0 N–H and O–H groups in total. The van der Waals surface area contributed by atoms with Crippen molar-refractivity contribution in [3.63, 3.8) is 0 Å². The summed E-state index contributed by atoms with van der Waals surface area (Å²) < 4.78 is 0. The van der Waals surface area contributed by atoms with E-state index in [1.54, 1.807) is 4.90 Å². The largest absolute Gasteiger partial charge is 0.339 e. The molecule has 2 heterocycles. The highest BCUT2D eigenvalue weighted by Gasteiger charge is 2.32. The summed E-state index contributed by atoms with van der Waals surface area (Å²) in [5.74, 6) is -0.589. The normalized spacial score (nSPS) is 18.2. The molecule has 0 radical (unpaired) electrons. The van der Waals surface area contributed by atoms with Gasteiger partial charge in [-0.3, -0.25) is 24.1 Å². The second kappa shape index (κ2) is 9.53. The Kier molecular flexibility index (Phi) is 7.40. The molecular formula is C18H29N3O4. The monoisotopic (exact) mass is 351 g/mol. The van der Waals surface area contributed by atoms with E-state index in [4.69, 9.17) is 0 Å². The number of imide groups is 1. The van der Waals surface area contributed by atoms with Crippen molar-refractivity contribution in [1.29, 1.82) is 0 Å². The van der Waals surface area contributed by atoms with Gasteiger partial charge in [-0.25, -0.2) is 0 Å². The zero-order chi connectivity index (χ0) is 18.2. The van der Waals surface area contributed by atoms with Crippen LogP contribution in [0.5, 0.6) is 0 Å². The molecule has 0 bridgehead atoms. The Hall–Kier alpha value is -1.92. The van der Waals surface area contributed by atoms with Crippen molar-refractivity contribution in [3.8, 4) is 0 Å². The summed E-state index contributed by atoms with van der Waals surface area (Å²) in [5, 5.41) is 0. The van der Waals surface area contributed by atoms with Gasteiger partial charge in [0.05, 0.1) is 0 Å². The molecule has 0 atom stereocenters. The smallest absolute Gasteiger partial charge is 0.242 e. The second-order valence-corrected chi connectivity index (χ2v) is 6.80. The first-order chi connectivity index (χ1) is 12.0. The van der Waals surface area contributed by atoms with Gasteiger partial charge in [-0.05, 0) is 6.42 Å². The number of rotatable bonds is 8. The summed E-state index contributed by atoms with van der Waals surface area (Å²) in [6, 6.07) is 0. The van der Waals surface area contributed by atoms with E-state index in [0.29, 0.717) is 32.6 Å². The number of carbonyl (C=O) groups excluding carboxylic acids is 4. The predicted molar refractivity (Wildman–Crippen MR) is 92.5 cm³/mol. The van der Waals surface area contributed by atoms with Gasteiger partial charge in [-0.2, -0.15) is 0 Å². The van der Waals surface area contributed by atoms with Gasteiger partial charge in [0.15, 0.2) is 0 Å². The highest BCUT2D eigenvalue weighted by molar-refractivity contribution is 6.04. The van der Waals surface area contributed by atoms with Crippen molar-refractivity contribution in [2.45, 2.75) is 58.3 Å². The third-order valence-corrected chi connectivity index (χ3v) is 4.93. The number of unbranched alkanes of at least 4 members (excludes halogenated alkanes) is 4. The van der Waals surface area contributed by atoms with Crippen molar-refractivity contribution in [2.75, 3.05) is 32.7 Å². The Morgan fingerprint density at radius 2 is 1.32 bits per heavy atom. The molecule has 2 saturated heterocycles. The Balaban J connectivity index is 1.68. The summed E-state index contributed by atoms with van der Waals surface area (Å²) in [6.07, 6.45) is 6.59. The van der Waals surface area contributed by atoms with Gasteiger partial charge in [0.25, 0.3) is 0 Å². The SMILES string of the molecule is CCCCCCCC(=O)N1CCN(C(=O)CN2C(=O)CCC2=O)CC1. The molecule has 140 valence electrons. The van der Waals surface area contributed by atoms with Crippen molar-refractivity contribution in [3.05, 3.63) is 0 Å². The summed E-state index contributed by atoms with van der Waals surface area (Å²) in [4.78, 5) is 52.2. The van der Waals surface area contributed by atoms with Crippen LogP contribution in [0.3, 0.4) is 0 Å². The van der Waals surface area contributed by atoms with Gasteiger partial charge in [0.2, 0.25) is 23.6 Å². The second-order valence-electron chi connectivity index (χ2n) is 6.80. The molecule has 0 aromatic heterocycles.